The van der Waals surface area contributed by atoms with E-state index in [-0.39, 0.29) is 0 Å². The Bertz CT molecular complexity index is 128. The van der Waals surface area contributed by atoms with Crippen LogP contribution >= 0.6 is 23.6 Å². The zero-order valence-electron chi connectivity index (χ0n) is 6.79. The molecule has 0 aromatic rings. The van der Waals surface area contributed by atoms with Crippen LogP contribution in [-0.2, 0) is 0 Å². The summed E-state index contributed by atoms with van der Waals surface area (Å²) < 4.78 is 1.03. The van der Waals surface area contributed by atoms with Gasteiger partial charge in [-0.05, 0) is 20.8 Å². The van der Waals surface area contributed by atoms with Gasteiger partial charge in [0.05, 0.1) is 0 Å². The third-order valence-corrected chi connectivity index (χ3v) is 2.61. The van der Waals surface area contributed by atoms with Gasteiger partial charge < -0.3 is 4.90 Å². The van der Waals surface area contributed by atoms with Gasteiger partial charge in [-0.25, -0.2) is 0 Å². The Morgan fingerprint density at radius 2 is 2.00 bits per heavy atom. The largest absolute Gasteiger partial charge is 0.359 e. The van der Waals surface area contributed by atoms with Crippen LogP contribution < -0.4 is 0 Å². The Balaban J connectivity index is 3.89. The zero-order chi connectivity index (χ0) is 7.98. The first-order chi connectivity index (χ1) is 4.76. The lowest BCUT2D eigenvalue weighted by atomic mass is 10.6. The minimum absolute atomic E-state index is 1.02. The maximum atomic E-state index is 5.16. The molecule has 0 N–H and O–H groups in total. The van der Waals surface area contributed by atoms with Gasteiger partial charge in [0.15, 0.2) is 0 Å². The van der Waals surface area contributed by atoms with Crippen molar-refractivity contribution in [3.8, 4) is 0 Å². The molecule has 0 unspecified atom stereocenters. The minimum Gasteiger partial charge on any atom is -0.359 e. The summed E-state index contributed by atoms with van der Waals surface area (Å²) in [5.41, 5.74) is 0. The van der Waals surface area contributed by atoms with Crippen molar-refractivity contribution < 1.29 is 0 Å². The van der Waals surface area contributed by atoms with Crippen molar-refractivity contribution >= 4 is 33.3 Å². The molecule has 0 atom stereocenters. The predicted molar refractivity (Wildman–Crippen MR) is 56.2 cm³/mol. The number of hydrogen-bond donors (Lipinski definition) is 1. The number of rotatable bonds is 2. The van der Waals surface area contributed by atoms with E-state index >= 15 is 0 Å². The summed E-state index contributed by atoms with van der Waals surface area (Å²) in [6, 6.07) is 0. The molecule has 0 saturated carbocycles. The van der Waals surface area contributed by atoms with Crippen molar-refractivity contribution in [3.05, 3.63) is 0 Å². The molecule has 0 rings (SSSR count). The summed E-state index contributed by atoms with van der Waals surface area (Å²) in [6.07, 6.45) is 0. The fourth-order valence-corrected chi connectivity index (χ4v) is 1.93. The van der Waals surface area contributed by atoms with Gasteiger partial charge in [-0.2, -0.15) is 0 Å². The molecule has 0 fully saturated rings. The molecule has 60 valence electrons. The van der Waals surface area contributed by atoms with Crippen LogP contribution in [0.2, 0.25) is 0 Å². The highest BCUT2D eigenvalue weighted by molar-refractivity contribution is 8.21. The third-order valence-electron chi connectivity index (χ3n) is 1.27. The van der Waals surface area contributed by atoms with Crippen LogP contribution in [0, 0.1) is 0 Å². The summed E-state index contributed by atoms with van der Waals surface area (Å²) in [5, 5.41) is 2.07. The highest BCUT2D eigenvalue weighted by Crippen LogP contribution is 1.99. The number of thiol groups is 1. The molecular weight excluding hydrogens is 162 g/mol. The van der Waals surface area contributed by atoms with Gasteiger partial charge in [0.2, 0.25) is 0 Å². The third kappa shape index (κ3) is 3.32. The van der Waals surface area contributed by atoms with Crippen LogP contribution in [0.5, 0.6) is 0 Å². The van der Waals surface area contributed by atoms with Crippen LogP contribution in [0.15, 0.2) is 0 Å². The average molecular weight is 177 g/mol. The standard InChI is InChI=1S/C7H15NS2/c1-4-8(5-2)7(9)10-6-3/h6,10H,4-5H2,1-3H3. The first kappa shape index (κ1) is 10.1. The second kappa shape index (κ2) is 5.86. The van der Waals surface area contributed by atoms with E-state index in [1.165, 1.54) is 11.4 Å². The first-order valence-electron chi connectivity index (χ1n) is 3.53. The van der Waals surface area contributed by atoms with E-state index in [2.05, 4.69) is 24.1 Å². The molecule has 0 aromatic heterocycles. The molecule has 3 heteroatoms. The van der Waals surface area contributed by atoms with E-state index in [0.29, 0.717) is 0 Å². The number of nitrogens with zero attached hydrogens (tertiary/aromatic N) is 1. The van der Waals surface area contributed by atoms with E-state index in [4.69, 9.17) is 12.2 Å². The van der Waals surface area contributed by atoms with Gasteiger partial charge in [-0.15, -0.1) is 11.4 Å². The smallest absolute Gasteiger partial charge is 0.127 e. The Kier molecular flexibility index (Phi) is 5.93. The van der Waals surface area contributed by atoms with Gasteiger partial charge in [0.25, 0.3) is 0 Å². The van der Waals surface area contributed by atoms with Crippen LogP contribution in [-0.4, -0.2) is 27.7 Å². The van der Waals surface area contributed by atoms with Gasteiger partial charge in [0, 0.05) is 13.1 Å². The summed E-state index contributed by atoms with van der Waals surface area (Å²) in [6.45, 7) is 8.33. The minimum atomic E-state index is 1.02. The molecule has 0 aliphatic carbocycles. The molecule has 10 heavy (non-hydrogen) atoms. The fourth-order valence-electron chi connectivity index (χ4n) is 0.686. The lowest BCUT2D eigenvalue weighted by molar-refractivity contribution is 0.482. The average Bonchev–Trinajstić information content (AvgIpc) is 1.91. The van der Waals surface area contributed by atoms with Crippen molar-refractivity contribution in [2.45, 2.75) is 20.8 Å². The molecule has 0 spiro atoms. The molecule has 0 radical (unpaired) electrons. The van der Waals surface area contributed by atoms with E-state index in [9.17, 15) is 0 Å². The van der Waals surface area contributed by atoms with Crippen LogP contribution in [0.4, 0.5) is 0 Å². The molecule has 0 heterocycles. The highest BCUT2D eigenvalue weighted by atomic mass is 32.2. The molecule has 0 saturated heterocycles. The second-order valence-electron chi connectivity index (χ2n) is 1.84. The lowest BCUT2D eigenvalue weighted by Crippen LogP contribution is -2.25. The van der Waals surface area contributed by atoms with E-state index in [1.54, 1.807) is 0 Å². The van der Waals surface area contributed by atoms with Crippen LogP contribution in [0.25, 0.3) is 0 Å². The summed E-state index contributed by atoms with van der Waals surface area (Å²) in [4.78, 5) is 2.19. The van der Waals surface area contributed by atoms with Crippen LogP contribution in [0.3, 0.4) is 0 Å². The number of hydrogen-bond acceptors (Lipinski definition) is 1. The maximum absolute atomic E-state index is 5.16. The van der Waals surface area contributed by atoms with Gasteiger partial charge in [0.1, 0.15) is 4.32 Å². The van der Waals surface area contributed by atoms with Gasteiger partial charge >= 0.3 is 0 Å². The van der Waals surface area contributed by atoms with E-state index in [1.807, 2.05) is 6.92 Å². The Morgan fingerprint density at radius 3 is 2.30 bits per heavy atom. The van der Waals surface area contributed by atoms with Crippen molar-refractivity contribution in [2.75, 3.05) is 13.1 Å². The first-order valence-corrected chi connectivity index (χ1v) is 4.91. The van der Waals surface area contributed by atoms with E-state index < -0.39 is 0 Å². The predicted octanol–water partition coefficient (Wildman–Crippen LogP) is 1.90. The highest BCUT2D eigenvalue weighted by Gasteiger charge is 1.98. The molecule has 0 aliphatic rings. The summed E-state index contributed by atoms with van der Waals surface area (Å²) >= 11 is 6.32. The molecule has 0 amide bonds. The van der Waals surface area contributed by atoms with Crippen molar-refractivity contribution in [2.24, 2.45) is 0 Å². The molecular formula is C7H15NS2. The quantitative estimate of drug-likeness (QED) is 0.507. The fraction of sp³-hybridized carbons (Fsp3) is 0.714. The van der Waals surface area contributed by atoms with Crippen LogP contribution in [0.1, 0.15) is 20.8 Å². The van der Waals surface area contributed by atoms with Gasteiger partial charge in [-0.1, -0.05) is 17.6 Å². The SMILES string of the molecule is CC=[SH]C(=S)N(CC)CC. The van der Waals surface area contributed by atoms with Crippen molar-refractivity contribution in [3.63, 3.8) is 0 Å². The summed E-state index contributed by atoms with van der Waals surface area (Å²) in [7, 11) is 0. The zero-order valence-corrected chi connectivity index (χ0v) is 8.51. The van der Waals surface area contributed by atoms with Gasteiger partial charge in [-0.3, -0.25) is 0 Å². The molecule has 0 aromatic carbocycles. The van der Waals surface area contributed by atoms with E-state index in [0.717, 1.165) is 17.4 Å². The molecule has 0 aliphatic heterocycles. The topological polar surface area (TPSA) is 3.24 Å². The Morgan fingerprint density at radius 1 is 1.50 bits per heavy atom. The Labute approximate surface area is 72.4 Å². The molecule has 1 nitrogen and oxygen atoms in total. The monoisotopic (exact) mass is 177 g/mol. The summed E-state index contributed by atoms with van der Waals surface area (Å²) in [5.74, 6) is 0. The normalized spacial score (nSPS) is 11.1. The Hall–Kier alpha value is 0.110. The van der Waals surface area contributed by atoms with Crippen molar-refractivity contribution in [1.29, 1.82) is 0 Å². The number of thiocarbonyl (C=S) groups is 1. The van der Waals surface area contributed by atoms with Crippen molar-refractivity contribution in [1.82, 2.24) is 4.90 Å². The maximum Gasteiger partial charge on any atom is 0.127 e. The second-order valence-corrected chi connectivity index (χ2v) is 3.73. The molecule has 0 bridgehead atoms. The lowest BCUT2D eigenvalue weighted by Gasteiger charge is -2.18.